The maximum Gasteiger partial charge on any atom is 0.258 e. The van der Waals surface area contributed by atoms with Gasteiger partial charge in [-0.3, -0.25) is 9.59 Å². The molecule has 0 saturated heterocycles. The van der Waals surface area contributed by atoms with E-state index in [0.29, 0.717) is 27.1 Å². The number of aromatic nitrogens is 1. The van der Waals surface area contributed by atoms with Crippen LogP contribution in [0.15, 0.2) is 60.3 Å². The van der Waals surface area contributed by atoms with Gasteiger partial charge in [-0.1, -0.05) is 48.4 Å². The number of halogens is 2. The number of benzene rings is 1. The van der Waals surface area contributed by atoms with Gasteiger partial charge in [-0.2, -0.15) is 5.26 Å². The van der Waals surface area contributed by atoms with Crippen molar-refractivity contribution in [3.8, 4) is 6.07 Å². The van der Waals surface area contributed by atoms with Crippen molar-refractivity contribution in [2.75, 3.05) is 10.6 Å². The minimum absolute atomic E-state index is 0.0882. The number of amides is 2. The molecular weight excluding hydrogens is 411 g/mol. The summed E-state index contributed by atoms with van der Waals surface area (Å²) in [4.78, 5) is 29.4. The Hall–Kier alpha value is -3.14. The average Bonchev–Trinajstić information content (AvgIpc) is 2.70. The molecular formula is C21H16Cl2N4O2. The second kappa shape index (κ2) is 8.91. The monoisotopic (exact) mass is 426 g/mol. The molecule has 0 aliphatic heterocycles. The molecule has 8 heteroatoms. The zero-order valence-corrected chi connectivity index (χ0v) is 16.8. The van der Waals surface area contributed by atoms with Crippen LogP contribution in [-0.4, -0.2) is 16.8 Å². The molecule has 146 valence electrons. The maximum atomic E-state index is 12.7. The van der Waals surface area contributed by atoms with Gasteiger partial charge in [-0.15, -0.1) is 0 Å². The summed E-state index contributed by atoms with van der Waals surface area (Å²) in [5.41, 5.74) is 0.908. The van der Waals surface area contributed by atoms with Crippen LogP contribution in [0.5, 0.6) is 0 Å². The molecule has 29 heavy (non-hydrogen) atoms. The highest BCUT2D eigenvalue weighted by atomic mass is 35.5. The van der Waals surface area contributed by atoms with Gasteiger partial charge in [-0.25, -0.2) is 4.98 Å². The number of nitriles is 1. The van der Waals surface area contributed by atoms with E-state index in [-0.39, 0.29) is 23.3 Å². The summed E-state index contributed by atoms with van der Waals surface area (Å²) in [6, 6.07) is 9.93. The van der Waals surface area contributed by atoms with E-state index in [1.165, 1.54) is 12.3 Å². The average molecular weight is 427 g/mol. The van der Waals surface area contributed by atoms with E-state index in [1.807, 2.05) is 6.92 Å². The van der Waals surface area contributed by atoms with E-state index < -0.39 is 5.91 Å². The number of rotatable bonds is 4. The van der Waals surface area contributed by atoms with E-state index >= 15 is 0 Å². The maximum absolute atomic E-state index is 12.7. The zero-order valence-electron chi connectivity index (χ0n) is 15.3. The van der Waals surface area contributed by atoms with E-state index in [4.69, 9.17) is 28.5 Å². The smallest absolute Gasteiger partial charge is 0.258 e. The molecule has 0 spiro atoms. The molecule has 0 bridgehead atoms. The fraction of sp³-hybridized carbons (Fsp3) is 0.143. The number of nitrogens with zero attached hydrogens (tertiary/aromatic N) is 2. The summed E-state index contributed by atoms with van der Waals surface area (Å²) in [6.07, 6.45) is 6.45. The quantitative estimate of drug-likeness (QED) is 0.729. The van der Waals surface area contributed by atoms with Crippen molar-refractivity contribution in [3.05, 3.63) is 75.9 Å². The van der Waals surface area contributed by atoms with Gasteiger partial charge in [0.25, 0.3) is 11.8 Å². The van der Waals surface area contributed by atoms with Crippen LogP contribution in [0.1, 0.15) is 17.3 Å². The third-order valence-electron chi connectivity index (χ3n) is 4.35. The van der Waals surface area contributed by atoms with Gasteiger partial charge in [0.15, 0.2) is 0 Å². The lowest BCUT2D eigenvalue weighted by molar-refractivity contribution is -0.112. The van der Waals surface area contributed by atoms with Crippen LogP contribution in [0.3, 0.4) is 0 Å². The van der Waals surface area contributed by atoms with Crippen molar-refractivity contribution in [1.82, 2.24) is 4.98 Å². The first-order chi connectivity index (χ1) is 13.9. The summed E-state index contributed by atoms with van der Waals surface area (Å²) in [6.45, 7) is 1.87. The van der Waals surface area contributed by atoms with Crippen LogP contribution in [-0.2, 0) is 4.79 Å². The molecule has 6 nitrogen and oxygen atoms in total. The summed E-state index contributed by atoms with van der Waals surface area (Å²) in [5, 5.41) is 15.2. The molecule has 1 heterocycles. The first-order valence-electron chi connectivity index (χ1n) is 8.71. The molecule has 0 saturated carbocycles. The molecule has 3 rings (SSSR count). The van der Waals surface area contributed by atoms with E-state index in [1.54, 1.807) is 42.5 Å². The van der Waals surface area contributed by atoms with Gasteiger partial charge in [0.2, 0.25) is 0 Å². The van der Waals surface area contributed by atoms with Crippen molar-refractivity contribution < 1.29 is 9.59 Å². The summed E-state index contributed by atoms with van der Waals surface area (Å²) < 4.78 is 0. The normalized spacial score (nSPS) is 17.8. The number of allylic oxidation sites excluding steroid dienone is 2. The van der Waals surface area contributed by atoms with E-state index in [2.05, 4.69) is 21.7 Å². The Morgan fingerprint density at radius 2 is 1.86 bits per heavy atom. The van der Waals surface area contributed by atoms with Crippen molar-refractivity contribution in [1.29, 1.82) is 5.26 Å². The molecule has 1 aliphatic carbocycles. The highest BCUT2D eigenvalue weighted by Gasteiger charge is 2.21. The Bertz CT molecular complexity index is 1060. The molecule has 2 atom stereocenters. The van der Waals surface area contributed by atoms with Crippen LogP contribution < -0.4 is 10.6 Å². The molecule has 2 amide bonds. The fourth-order valence-electron chi connectivity index (χ4n) is 2.78. The molecule has 1 aromatic heterocycles. The molecule has 1 aromatic carbocycles. The van der Waals surface area contributed by atoms with Crippen LogP contribution in [0.4, 0.5) is 11.5 Å². The SMILES string of the molecule is CC1C=C(C(=O)Nc2ccc(Cl)cc2C(=O)Nc2ccc(Cl)cn2)C=CC1C#N. The second-order valence-corrected chi connectivity index (χ2v) is 7.33. The number of carbonyl (C=O) groups excluding carboxylic acids is 2. The minimum Gasteiger partial charge on any atom is -0.321 e. The Balaban J connectivity index is 1.81. The van der Waals surface area contributed by atoms with Gasteiger partial charge in [0.1, 0.15) is 5.82 Å². The lowest BCUT2D eigenvalue weighted by Gasteiger charge is -2.17. The number of nitrogens with one attached hydrogen (secondary N) is 2. The summed E-state index contributed by atoms with van der Waals surface area (Å²) in [5.74, 6) is -0.912. The number of hydrogen-bond donors (Lipinski definition) is 2. The summed E-state index contributed by atoms with van der Waals surface area (Å²) in [7, 11) is 0. The highest BCUT2D eigenvalue weighted by molar-refractivity contribution is 6.31. The van der Waals surface area contributed by atoms with Crippen LogP contribution >= 0.6 is 23.2 Å². The number of carbonyl (C=O) groups is 2. The van der Waals surface area contributed by atoms with Gasteiger partial charge in [0, 0.05) is 16.8 Å². The molecule has 0 fully saturated rings. The van der Waals surface area contributed by atoms with Gasteiger partial charge in [-0.05, 0) is 36.2 Å². The van der Waals surface area contributed by atoms with Crippen molar-refractivity contribution >= 4 is 46.5 Å². The molecule has 1 aliphatic rings. The highest BCUT2D eigenvalue weighted by Crippen LogP contribution is 2.25. The topological polar surface area (TPSA) is 94.9 Å². The van der Waals surface area contributed by atoms with Crippen molar-refractivity contribution in [3.63, 3.8) is 0 Å². The Labute approximate surface area is 177 Å². The second-order valence-electron chi connectivity index (χ2n) is 6.45. The predicted octanol–water partition coefficient (Wildman–Crippen LogP) is 4.85. The molecule has 2 aromatic rings. The van der Waals surface area contributed by atoms with Gasteiger partial charge in [0.05, 0.1) is 28.3 Å². The predicted molar refractivity (Wildman–Crippen MR) is 113 cm³/mol. The largest absolute Gasteiger partial charge is 0.321 e. The first-order valence-corrected chi connectivity index (χ1v) is 9.46. The number of hydrogen-bond acceptors (Lipinski definition) is 4. The standard InChI is InChI=1S/C21H16Cl2N4O2/c1-12-8-13(2-3-14(12)10-24)20(28)26-18-6-4-15(22)9-17(18)21(29)27-19-7-5-16(23)11-25-19/h2-9,11-12,14H,1H3,(H,26,28)(H,25,27,29). The van der Waals surface area contributed by atoms with E-state index in [0.717, 1.165) is 0 Å². The Kier molecular flexibility index (Phi) is 6.32. The lowest BCUT2D eigenvalue weighted by Crippen LogP contribution is -2.21. The number of pyridine rings is 1. The molecule has 2 N–H and O–H groups in total. The number of anilines is 2. The zero-order chi connectivity index (χ0) is 21.0. The molecule has 2 unspecified atom stereocenters. The van der Waals surface area contributed by atoms with Gasteiger partial charge < -0.3 is 10.6 Å². The van der Waals surface area contributed by atoms with E-state index in [9.17, 15) is 9.59 Å². The third kappa shape index (κ3) is 5.02. The van der Waals surface area contributed by atoms with Gasteiger partial charge >= 0.3 is 0 Å². The Morgan fingerprint density at radius 3 is 2.52 bits per heavy atom. The Morgan fingerprint density at radius 1 is 1.10 bits per heavy atom. The van der Waals surface area contributed by atoms with Crippen LogP contribution in [0.25, 0.3) is 0 Å². The fourth-order valence-corrected chi connectivity index (χ4v) is 3.06. The van der Waals surface area contributed by atoms with Crippen molar-refractivity contribution in [2.24, 2.45) is 11.8 Å². The van der Waals surface area contributed by atoms with Crippen LogP contribution in [0.2, 0.25) is 10.0 Å². The minimum atomic E-state index is -0.483. The first kappa shape index (κ1) is 20.6. The summed E-state index contributed by atoms with van der Waals surface area (Å²) >= 11 is 11.8. The third-order valence-corrected chi connectivity index (χ3v) is 4.81. The van der Waals surface area contributed by atoms with Crippen molar-refractivity contribution in [2.45, 2.75) is 6.92 Å². The molecule has 0 radical (unpaired) electrons. The lowest BCUT2D eigenvalue weighted by atomic mass is 9.88. The van der Waals surface area contributed by atoms with Crippen LogP contribution in [0, 0.1) is 23.2 Å².